The SMILES string of the molecule is O=[N+]([O-])c1ccc(CN=C(NCc2ccccc2F)NCC2CCCCO2)cc1. The molecule has 0 amide bonds. The van der Waals surface area contributed by atoms with Gasteiger partial charge in [0.1, 0.15) is 5.82 Å². The highest BCUT2D eigenvalue weighted by Crippen LogP contribution is 2.13. The smallest absolute Gasteiger partial charge is 0.269 e. The molecule has 2 aromatic carbocycles. The summed E-state index contributed by atoms with van der Waals surface area (Å²) >= 11 is 0. The molecule has 1 atom stereocenters. The van der Waals surface area contributed by atoms with Gasteiger partial charge in [-0.3, -0.25) is 10.1 Å². The fourth-order valence-electron chi connectivity index (χ4n) is 3.07. The van der Waals surface area contributed by atoms with Crippen molar-refractivity contribution in [2.75, 3.05) is 13.2 Å². The normalized spacial score (nSPS) is 17.0. The van der Waals surface area contributed by atoms with E-state index in [2.05, 4.69) is 15.6 Å². The van der Waals surface area contributed by atoms with Crippen molar-refractivity contribution in [3.8, 4) is 0 Å². The van der Waals surface area contributed by atoms with E-state index in [-0.39, 0.29) is 17.6 Å². The van der Waals surface area contributed by atoms with Gasteiger partial charge in [0.2, 0.25) is 0 Å². The maximum Gasteiger partial charge on any atom is 0.269 e. The molecule has 2 aromatic rings. The third-order valence-electron chi connectivity index (χ3n) is 4.74. The molecule has 7 nitrogen and oxygen atoms in total. The lowest BCUT2D eigenvalue weighted by molar-refractivity contribution is -0.384. The second-order valence-corrected chi connectivity index (χ2v) is 6.90. The predicted octanol–water partition coefficient (Wildman–Crippen LogP) is 3.54. The minimum absolute atomic E-state index is 0.0446. The standard InChI is InChI=1S/C21H25FN4O3/c22-20-7-2-1-5-17(20)14-24-21(25-15-19-6-3-4-12-29-19)23-13-16-8-10-18(11-9-16)26(27)28/h1-2,5,7-11,19H,3-4,6,12-15H2,(H2,23,24,25). The number of halogens is 1. The summed E-state index contributed by atoms with van der Waals surface area (Å²) in [5.41, 5.74) is 1.44. The molecule has 1 heterocycles. The summed E-state index contributed by atoms with van der Waals surface area (Å²) < 4.78 is 19.6. The molecule has 29 heavy (non-hydrogen) atoms. The summed E-state index contributed by atoms with van der Waals surface area (Å²) in [6.45, 7) is 2.02. The fourth-order valence-corrected chi connectivity index (χ4v) is 3.07. The number of nitro benzene ring substituents is 1. The van der Waals surface area contributed by atoms with Gasteiger partial charge in [-0.05, 0) is 30.9 Å². The van der Waals surface area contributed by atoms with Crippen molar-refractivity contribution in [2.45, 2.75) is 38.5 Å². The number of nitro groups is 1. The van der Waals surface area contributed by atoms with E-state index in [0.29, 0.717) is 31.2 Å². The second-order valence-electron chi connectivity index (χ2n) is 6.90. The summed E-state index contributed by atoms with van der Waals surface area (Å²) in [4.78, 5) is 14.9. The monoisotopic (exact) mass is 400 g/mol. The fraction of sp³-hybridized carbons (Fsp3) is 0.381. The van der Waals surface area contributed by atoms with Gasteiger partial charge in [-0.15, -0.1) is 0 Å². The number of benzene rings is 2. The Morgan fingerprint density at radius 2 is 1.97 bits per heavy atom. The molecular formula is C21H25FN4O3. The minimum atomic E-state index is -0.430. The average molecular weight is 400 g/mol. The first-order chi connectivity index (χ1) is 14.1. The second kappa shape index (κ2) is 10.5. The molecule has 0 aliphatic carbocycles. The van der Waals surface area contributed by atoms with E-state index in [1.807, 2.05) is 0 Å². The van der Waals surface area contributed by atoms with Gasteiger partial charge in [0.05, 0.1) is 17.6 Å². The first kappa shape index (κ1) is 20.7. The molecule has 1 aliphatic rings. The third kappa shape index (κ3) is 6.53. The molecule has 8 heteroatoms. The Morgan fingerprint density at radius 1 is 1.17 bits per heavy atom. The zero-order chi connectivity index (χ0) is 20.5. The highest BCUT2D eigenvalue weighted by atomic mass is 19.1. The van der Waals surface area contributed by atoms with Crippen LogP contribution in [0.5, 0.6) is 0 Å². The van der Waals surface area contributed by atoms with Crippen molar-refractivity contribution in [3.05, 3.63) is 75.6 Å². The van der Waals surface area contributed by atoms with Crippen LogP contribution in [0, 0.1) is 15.9 Å². The van der Waals surface area contributed by atoms with Crippen molar-refractivity contribution in [3.63, 3.8) is 0 Å². The van der Waals surface area contributed by atoms with Gasteiger partial charge >= 0.3 is 0 Å². The number of guanidine groups is 1. The molecule has 1 saturated heterocycles. The van der Waals surface area contributed by atoms with Gasteiger partial charge in [-0.2, -0.15) is 0 Å². The molecule has 3 rings (SSSR count). The molecule has 0 bridgehead atoms. The Labute approximate surface area is 169 Å². The maximum atomic E-state index is 13.9. The van der Waals surface area contributed by atoms with Gasteiger partial charge in [0.25, 0.3) is 5.69 Å². The van der Waals surface area contributed by atoms with Crippen LogP contribution in [0.2, 0.25) is 0 Å². The number of hydrogen-bond acceptors (Lipinski definition) is 4. The number of aliphatic imine (C=N–C) groups is 1. The van der Waals surface area contributed by atoms with E-state index in [0.717, 1.165) is 31.4 Å². The quantitative estimate of drug-likeness (QED) is 0.321. The number of nitrogens with one attached hydrogen (secondary N) is 2. The van der Waals surface area contributed by atoms with Crippen molar-refractivity contribution in [2.24, 2.45) is 4.99 Å². The van der Waals surface area contributed by atoms with Crippen molar-refractivity contribution >= 4 is 11.6 Å². The Balaban J connectivity index is 1.63. The van der Waals surface area contributed by atoms with Crippen molar-refractivity contribution in [1.82, 2.24) is 10.6 Å². The highest BCUT2D eigenvalue weighted by molar-refractivity contribution is 5.79. The number of ether oxygens (including phenoxy) is 1. The van der Waals surface area contributed by atoms with E-state index < -0.39 is 4.92 Å². The highest BCUT2D eigenvalue weighted by Gasteiger charge is 2.14. The topological polar surface area (TPSA) is 88.8 Å². The van der Waals surface area contributed by atoms with Crippen LogP contribution in [-0.4, -0.2) is 30.1 Å². The van der Waals surface area contributed by atoms with Crippen molar-refractivity contribution in [1.29, 1.82) is 0 Å². The summed E-state index contributed by atoms with van der Waals surface area (Å²) in [5, 5.41) is 17.2. The van der Waals surface area contributed by atoms with Crippen LogP contribution in [0.3, 0.4) is 0 Å². The van der Waals surface area contributed by atoms with Crippen LogP contribution in [0.4, 0.5) is 10.1 Å². The van der Waals surface area contributed by atoms with Crippen LogP contribution in [0.25, 0.3) is 0 Å². The van der Waals surface area contributed by atoms with Gasteiger partial charge in [-0.25, -0.2) is 9.38 Å². The summed E-state index contributed by atoms with van der Waals surface area (Å²) in [5.74, 6) is 0.270. The Kier molecular flexibility index (Phi) is 7.52. The first-order valence-corrected chi connectivity index (χ1v) is 9.72. The van der Waals surface area contributed by atoms with Gasteiger partial charge in [0, 0.05) is 37.4 Å². The molecule has 1 fully saturated rings. The van der Waals surface area contributed by atoms with Gasteiger partial charge < -0.3 is 15.4 Å². The van der Waals surface area contributed by atoms with Crippen LogP contribution in [0.1, 0.15) is 30.4 Å². The number of non-ortho nitro benzene ring substituents is 1. The van der Waals surface area contributed by atoms with Gasteiger partial charge in [-0.1, -0.05) is 30.3 Å². The lowest BCUT2D eigenvalue weighted by atomic mass is 10.1. The van der Waals surface area contributed by atoms with Crippen LogP contribution in [0.15, 0.2) is 53.5 Å². The zero-order valence-electron chi connectivity index (χ0n) is 16.1. The van der Waals surface area contributed by atoms with Crippen molar-refractivity contribution < 1.29 is 14.1 Å². The maximum absolute atomic E-state index is 13.9. The molecule has 154 valence electrons. The molecule has 0 aromatic heterocycles. The summed E-state index contributed by atoms with van der Waals surface area (Å²) in [6.07, 6.45) is 3.35. The molecule has 2 N–H and O–H groups in total. The van der Waals surface area contributed by atoms with E-state index in [4.69, 9.17) is 4.74 Å². The largest absolute Gasteiger partial charge is 0.376 e. The Morgan fingerprint density at radius 3 is 2.66 bits per heavy atom. The van der Waals surface area contributed by atoms with Crippen LogP contribution >= 0.6 is 0 Å². The predicted molar refractivity (Wildman–Crippen MR) is 109 cm³/mol. The molecule has 1 aliphatic heterocycles. The first-order valence-electron chi connectivity index (χ1n) is 9.72. The minimum Gasteiger partial charge on any atom is -0.376 e. The molecule has 1 unspecified atom stereocenters. The molecular weight excluding hydrogens is 375 g/mol. The Bertz CT molecular complexity index is 836. The molecule has 0 radical (unpaired) electrons. The number of nitrogens with zero attached hydrogens (tertiary/aromatic N) is 2. The molecule has 0 spiro atoms. The van der Waals surface area contributed by atoms with Crippen LogP contribution in [-0.2, 0) is 17.8 Å². The van der Waals surface area contributed by atoms with E-state index >= 15 is 0 Å². The lowest BCUT2D eigenvalue weighted by Crippen LogP contribution is -2.42. The van der Waals surface area contributed by atoms with E-state index in [1.54, 1.807) is 30.3 Å². The van der Waals surface area contributed by atoms with E-state index in [1.165, 1.54) is 18.2 Å². The number of hydrogen-bond donors (Lipinski definition) is 2. The lowest BCUT2D eigenvalue weighted by Gasteiger charge is -2.24. The third-order valence-corrected chi connectivity index (χ3v) is 4.74. The van der Waals surface area contributed by atoms with Crippen LogP contribution < -0.4 is 10.6 Å². The molecule has 0 saturated carbocycles. The van der Waals surface area contributed by atoms with E-state index in [9.17, 15) is 14.5 Å². The Hall–Kier alpha value is -3.00. The van der Waals surface area contributed by atoms with Gasteiger partial charge in [0.15, 0.2) is 5.96 Å². The summed E-state index contributed by atoms with van der Waals surface area (Å²) in [6, 6.07) is 12.9. The zero-order valence-corrected chi connectivity index (χ0v) is 16.1. The summed E-state index contributed by atoms with van der Waals surface area (Å²) in [7, 11) is 0. The number of rotatable bonds is 7. The average Bonchev–Trinajstić information content (AvgIpc) is 2.75.